The molecular weight excluding hydrogens is 254 g/mol. The van der Waals surface area contributed by atoms with E-state index in [1.807, 2.05) is 0 Å². The van der Waals surface area contributed by atoms with E-state index in [0.717, 1.165) is 18.4 Å². The van der Waals surface area contributed by atoms with E-state index in [1.165, 1.54) is 50.0 Å². The highest BCUT2D eigenvalue weighted by Crippen LogP contribution is 2.41. The van der Waals surface area contributed by atoms with Crippen LogP contribution in [0.5, 0.6) is 0 Å². The van der Waals surface area contributed by atoms with Gasteiger partial charge >= 0.3 is 0 Å². The number of thioether (sulfide) groups is 1. The van der Waals surface area contributed by atoms with Gasteiger partial charge in [-0.3, -0.25) is 0 Å². The fourth-order valence-corrected chi connectivity index (χ4v) is 4.87. The molecule has 3 heteroatoms. The minimum Gasteiger partial charge on any atom is -0.375 e. The van der Waals surface area contributed by atoms with Gasteiger partial charge in [0.05, 0.1) is 5.60 Å². The largest absolute Gasteiger partial charge is 0.375 e. The zero-order chi connectivity index (χ0) is 13.7. The Morgan fingerprint density at radius 2 is 2.00 bits per heavy atom. The summed E-state index contributed by atoms with van der Waals surface area (Å²) in [6.45, 7) is 5.64. The fourth-order valence-electron chi connectivity index (χ4n) is 3.63. The third-order valence-corrected chi connectivity index (χ3v) is 5.92. The third-order valence-electron chi connectivity index (χ3n) is 4.93. The molecule has 0 aromatic rings. The van der Waals surface area contributed by atoms with Gasteiger partial charge in [-0.1, -0.05) is 13.8 Å². The zero-order valence-corrected chi connectivity index (χ0v) is 13.7. The summed E-state index contributed by atoms with van der Waals surface area (Å²) in [5.74, 6) is 4.22. The van der Waals surface area contributed by atoms with Gasteiger partial charge in [0, 0.05) is 12.6 Å². The maximum absolute atomic E-state index is 6.22. The number of hydrogen-bond acceptors (Lipinski definition) is 3. The molecule has 1 N–H and O–H groups in total. The summed E-state index contributed by atoms with van der Waals surface area (Å²) < 4.78 is 6.22. The normalized spacial score (nSPS) is 28.7. The number of rotatable bonds is 5. The number of nitrogens with one attached hydrogen (secondary N) is 1. The van der Waals surface area contributed by atoms with Crippen molar-refractivity contribution in [1.29, 1.82) is 0 Å². The first-order valence-corrected chi connectivity index (χ1v) is 9.20. The van der Waals surface area contributed by atoms with Crippen molar-refractivity contribution in [2.45, 2.75) is 64.0 Å². The molecule has 2 heterocycles. The minimum atomic E-state index is 0.237. The first-order valence-electron chi connectivity index (χ1n) is 8.04. The Morgan fingerprint density at radius 3 is 2.63 bits per heavy atom. The summed E-state index contributed by atoms with van der Waals surface area (Å²) in [5, 5.41) is 3.59. The van der Waals surface area contributed by atoms with Crippen molar-refractivity contribution in [3.05, 3.63) is 0 Å². The molecule has 2 fully saturated rings. The summed E-state index contributed by atoms with van der Waals surface area (Å²) in [5.41, 5.74) is 0.237. The summed E-state index contributed by atoms with van der Waals surface area (Å²) >= 11 is 2.10. The molecule has 0 saturated carbocycles. The van der Waals surface area contributed by atoms with Crippen molar-refractivity contribution >= 4 is 11.8 Å². The third kappa shape index (κ3) is 4.37. The Labute approximate surface area is 123 Å². The maximum atomic E-state index is 6.22. The average Bonchev–Trinajstić information content (AvgIpc) is 2.40. The number of hydrogen-bond donors (Lipinski definition) is 1. The molecule has 0 aromatic heterocycles. The van der Waals surface area contributed by atoms with E-state index in [9.17, 15) is 0 Å². The van der Waals surface area contributed by atoms with Crippen molar-refractivity contribution < 1.29 is 4.74 Å². The second-order valence-corrected chi connectivity index (χ2v) is 7.99. The van der Waals surface area contributed by atoms with Crippen LogP contribution in [0.3, 0.4) is 0 Å². The lowest BCUT2D eigenvalue weighted by atomic mass is 9.77. The van der Waals surface area contributed by atoms with Crippen LogP contribution in [0.1, 0.15) is 52.4 Å². The van der Waals surface area contributed by atoms with Gasteiger partial charge in [-0.05, 0) is 68.9 Å². The first kappa shape index (κ1) is 15.7. The zero-order valence-electron chi connectivity index (χ0n) is 12.9. The molecule has 2 rings (SSSR count). The van der Waals surface area contributed by atoms with E-state index in [2.05, 4.69) is 38.0 Å². The van der Waals surface area contributed by atoms with Crippen LogP contribution < -0.4 is 5.32 Å². The van der Waals surface area contributed by atoms with Crippen LogP contribution in [0.15, 0.2) is 0 Å². The van der Waals surface area contributed by atoms with Gasteiger partial charge in [0.1, 0.15) is 0 Å². The highest BCUT2D eigenvalue weighted by atomic mass is 32.2. The highest BCUT2D eigenvalue weighted by molar-refractivity contribution is 7.99. The molecule has 112 valence electrons. The van der Waals surface area contributed by atoms with Gasteiger partial charge in [0.25, 0.3) is 0 Å². The lowest BCUT2D eigenvalue weighted by Gasteiger charge is -2.45. The average molecular weight is 285 g/mol. The Balaban J connectivity index is 1.90. The standard InChI is InChI=1S/C16H31NOS/c1-13(2)4-5-15(17-3)14-6-9-18-16(12-14)7-10-19-11-8-16/h13-15,17H,4-12H2,1-3H3. The predicted molar refractivity (Wildman–Crippen MR) is 84.9 cm³/mol. The van der Waals surface area contributed by atoms with Crippen molar-refractivity contribution in [3.63, 3.8) is 0 Å². The van der Waals surface area contributed by atoms with Gasteiger partial charge < -0.3 is 10.1 Å². The van der Waals surface area contributed by atoms with Crippen LogP contribution in [-0.4, -0.2) is 36.8 Å². The van der Waals surface area contributed by atoms with E-state index in [1.54, 1.807) is 0 Å². The van der Waals surface area contributed by atoms with Crippen molar-refractivity contribution in [3.8, 4) is 0 Å². The SMILES string of the molecule is CNC(CCC(C)C)C1CCOC2(CCSCC2)C1. The smallest absolute Gasteiger partial charge is 0.0701 e. The second kappa shape index (κ2) is 7.33. The van der Waals surface area contributed by atoms with Gasteiger partial charge in [0.2, 0.25) is 0 Å². The summed E-state index contributed by atoms with van der Waals surface area (Å²) in [6.07, 6.45) is 7.74. The topological polar surface area (TPSA) is 21.3 Å². The molecule has 0 amide bonds. The molecule has 2 atom stereocenters. The molecule has 2 aliphatic heterocycles. The van der Waals surface area contributed by atoms with Crippen LogP contribution in [-0.2, 0) is 4.74 Å². The molecule has 2 nitrogen and oxygen atoms in total. The Morgan fingerprint density at radius 1 is 1.26 bits per heavy atom. The van der Waals surface area contributed by atoms with E-state index >= 15 is 0 Å². The molecule has 0 bridgehead atoms. The fraction of sp³-hybridized carbons (Fsp3) is 1.00. The molecule has 0 aliphatic carbocycles. The second-order valence-electron chi connectivity index (χ2n) is 6.76. The van der Waals surface area contributed by atoms with E-state index < -0.39 is 0 Å². The van der Waals surface area contributed by atoms with Crippen LogP contribution in [0, 0.1) is 11.8 Å². The monoisotopic (exact) mass is 285 g/mol. The van der Waals surface area contributed by atoms with Crippen LogP contribution >= 0.6 is 11.8 Å². The first-order chi connectivity index (χ1) is 9.15. The van der Waals surface area contributed by atoms with Gasteiger partial charge in [-0.25, -0.2) is 0 Å². The quantitative estimate of drug-likeness (QED) is 0.832. The summed E-state index contributed by atoms with van der Waals surface area (Å²) in [6, 6.07) is 0.692. The molecule has 0 aromatic carbocycles. The van der Waals surface area contributed by atoms with Gasteiger partial charge in [-0.2, -0.15) is 11.8 Å². The van der Waals surface area contributed by atoms with E-state index in [0.29, 0.717) is 6.04 Å². The molecular formula is C16H31NOS. The molecule has 2 unspecified atom stereocenters. The van der Waals surface area contributed by atoms with Crippen molar-refractivity contribution in [2.24, 2.45) is 11.8 Å². The van der Waals surface area contributed by atoms with E-state index in [-0.39, 0.29) is 5.60 Å². The van der Waals surface area contributed by atoms with Crippen molar-refractivity contribution in [2.75, 3.05) is 25.2 Å². The molecule has 19 heavy (non-hydrogen) atoms. The Kier molecular flexibility index (Phi) is 6.04. The van der Waals surface area contributed by atoms with Gasteiger partial charge in [0.15, 0.2) is 0 Å². The Hall–Kier alpha value is 0.270. The molecule has 1 spiro atoms. The number of ether oxygens (including phenoxy) is 1. The summed E-state index contributed by atoms with van der Waals surface area (Å²) in [4.78, 5) is 0. The van der Waals surface area contributed by atoms with Crippen LogP contribution in [0.25, 0.3) is 0 Å². The maximum Gasteiger partial charge on any atom is 0.0701 e. The van der Waals surface area contributed by atoms with Crippen LogP contribution in [0.2, 0.25) is 0 Å². The minimum absolute atomic E-state index is 0.237. The molecule has 0 radical (unpaired) electrons. The molecule has 2 aliphatic rings. The van der Waals surface area contributed by atoms with E-state index in [4.69, 9.17) is 4.74 Å². The summed E-state index contributed by atoms with van der Waals surface area (Å²) in [7, 11) is 2.14. The van der Waals surface area contributed by atoms with Crippen molar-refractivity contribution in [1.82, 2.24) is 5.32 Å². The highest BCUT2D eigenvalue weighted by Gasteiger charge is 2.40. The lowest BCUT2D eigenvalue weighted by Crippen LogP contribution is -2.48. The van der Waals surface area contributed by atoms with Crippen LogP contribution in [0.4, 0.5) is 0 Å². The lowest BCUT2D eigenvalue weighted by molar-refractivity contribution is -0.107. The predicted octanol–water partition coefficient (Wildman–Crippen LogP) is 3.70. The molecule has 2 saturated heterocycles. The Bertz CT molecular complexity index is 258. The van der Waals surface area contributed by atoms with Gasteiger partial charge in [-0.15, -0.1) is 0 Å².